The first-order chi connectivity index (χ1) is 11.4. The fraction of sp³-hybridized carbons (Fsp3) is 0.133. The van der Waals surface area contributed by atoms with Gasteiger partial charge in [0.2, 0.25) is 0 Å². The molecule has 0 radical (unpaired) electrons. The molecule has 24 heavy (non-hydrogen) atoms. The number of rotatable bonds is 4. The zero-order chi connectivity index (χ0) is 17.3. The molecule has 0 bridgehead atoms. The van der Waals surface area contributed by atoms with Gasteiger partial charge >= 0.3 is 0 Å². The van der Waals surface area contributed by atoms with Crippen molar-refractivity contribution in [1.82, 2.24) is 20.0 Å². The molecule has 0 atom stereocenters. The summed E-state index contributed by atoms with van der Waals surface area (Å²) in [6.07, 6.45) is 4.39. The van der Waals surface area contributed by atoms with Crippen molar-refractivity contribution in [2.24, 2.45) is 0 Å². The Morgan fingerprint density at radius 2 is 2.08 bits per heavy atom. The Hall–Kier alpha value is -2.32. The number of hydrogen-bond donors (Lipinski definition) is 0. The van der Waals surface area contributed by atoms with Gasteiger partial charge in [-0.15, -0.1) is 5.10 Å². The van der Waals surface area contributed by atoms with E-state index in [0.717, 1.165) is 0 Å². The van der Waals surface area contributed by atoms with Crippen LogP contribution in [0.15, 0.2) is 47.8 Å². The van der Waals surface area contributed by atoms with E-state index in [9.17, 15) is 12.8 Å². The lowest BCUT2D eigenvalue weighted by Crippen LogP contribution is -2.07. The van der Waals surface area contributed by atoms with Crippen LogP contribution in [0.4, 0.5) is 4.39 Å². The van der Waals surface area contributed by atoms with Crippen LogP contribution in [0.3, 0.4) is 0 Å². The van der Waals surface area contributed by atoms with Gasteiger partial charge in [-0.3, -0.25) is 4.98 Å². The maximum atomic E-state index is 13.2. The van der Waals surface area contributed by atoms with Crippen LogP contribution >= 0.6 is 11.6 Å². The van der Waals surface area contributed by atoms with Crippen molar-refractivity contribution in [3.05, 3.63) is 65.0 Å². The van der Waals surface area contributed by atoms with Crippen molar-refractivity contribution in [2.75, 3.05) is 0 Å². The zero-order valence-corrected chi connectivity index (χ0v) is 14.1. The molecule has 2 heterocycles. The van der Waals surface area contributed by atoms with Gasteiger partial charge in [0.15, 0.2) is 9.84 Å². The molecule has 0 spiro atoms. The highest BCUT2D eigenvalue weighted by molar-refractivity contribution is 7.90. The minimum Gasteiger partial charge on any atom is -0.264 e. The lowest BCUT2D eigenvalue weighted by atomic mass is 10.3. The number of benzene rings is 1. The first-order valence-corrected chi connectivity index (χ1v) is 8.90. The van der Waals surface area contributed by atoms with Crippen molar-refractivity contribution in [3.63, 3.8) is 0 Å². The molecule has 0 unspecified atom stereocenters. The van der Waals surface area contributed by atoms with E-state index in [4.69, 9.17) is 11.6 Å². The Balaban J connectivity index is 1.89. The maximum absolute atomic E-state index is 13.2. The fourth-order valence-electron chi connectivity index (χ4n) is 2.20. The lowest BCUT2D eigenvalue weighted by molar-refractivity contribution is 0.593. The van der Waals surface area contributed by atoms with E-state index in [1.807, 2.05) is 0 Å². The van der Waals surface area contributed by atoms with Crippen LogP contribution in [0.2, 0.25) is 5.02 Å². The molecule has 0 aliphatic heterocycles. The average Bonchev–Trinajstić information content (AvgIpc) is 2.98. The number of sulfone groups is 1. The van der Waals surface area contributed by atoms with E-state index < -0.39 is 15.7 Å². The molecular weight excluding hydrogens is 355 g/mol. The summed E-state index contributed by atoms with van der Waals surface area (Å²) in [5.41, 5.74) is 1.32. The molecule has 0 saturated heterocycles. The van der Waals surface area contributed by atoms with E-state index in [0.29, 0.717) is 11.3 Å². The molecule has 9 heteroatoms. The molecule has 0 N–H and O–H groups in total. The number of halogens is 2. The van der Waals surface area contributed by atoms with E-state index >= 15 is 0 Å². The molecule has 3 rings (SSSR count). The second-order valence-corrected chi connectivity index (χ2v) is 7.52. The number of pyridine rings is 1. The molecule has 2 aromatic heterocycles. The summed E-state index contributed by atoms with van der Waals surface area (Å²) < 4.78 is 39.5. The Bertz CT molecular complexity index is 1000. The third kappa shape index (κ3) is 3.29. The first-order valence-electron chi connectivity index (χ1n) is 6.87. The van der Waals surface area contributed by atoms with Crippen molar-refractivity contribution in [1.29, 1.82) is 0 Å². The molecule has 3 aromatic rings. The van der Waals surface area contributed by atoms with Crippen LogP contribution < -0.4 is 0 Å². The average molecular weight is 367 g/mol. The van der Waals surface area contributed by atoms with Crippen LogP contribution in [-0.2, 0) is 15.6 Å². The van der Waals surface area contributed by atoms with Gasteiger partial charge in [-0.05, 0) is 36.8 Å². The number of aryl methyl sites for hydroxylation is 1. The van der Waals surface area contributed by atoms with E-state index in [-0.39, 0.29) is 21.4 Å². The van der Waals surface area contributed by atoms with Crippen molar-refractivity contribution in [3.8, 4) is 5.69 Å². The normalized spacial score (nSPS) is 11.6. The molecular formula is C15H12ClFN4O2S. The molecule has 0 fully saturated rings. The number of aromatic nitrogens is 4. The minimum atomic E-state index is -3.57. The predicted molar refractivity (Wildman–Crippen MR) is 86.2 cm³/mol. The minimum absolute atomic E-state index is 0.0513. The molecule has 0 aliphatic rings. The third-order valence-corrected chi connectivity index (χ3v) is 5.44. The molecule has 0 saturated carbocycles. The molecule has 124 valence electrons. The Morgan fingerprint density at radius 3 is 2.79 bits per heavy atom. The van der Waals surface area contributed by atoms with Gasteiger partial charge in [-0.2, -0.15) is 0 Å². The Morgan fingerprint density at radius 1 is 1.29 bits per heavy atom. The van der Waals surface area contributed by atoms with E-state index in [2.05, 4.69) is 15.3 Å². The van der Waals surface area contributed by atoms with Gasteiger partial charge in [-0.25, -0.2) is 17.5 Å². The highest BCUT2D eigenvalue weighted by Gasteiger charge is 2.20. The first kappa shape index (κ1) is 16.5. The SMILES string of the molecule is Cc1cnccc1S(=O)(=O)Cc1cn(-c2ccc(F)c(Cl)c2)nn1. The van der Waals surface area contributed by atoms with Gasteiger partial charge in [-0.1, -0.05) is 16.8 Å². The summed E-state index contributed by atoms with van der Waals surface area (Å²) in [5.74, 6) is -0.844. The summed E-state index contributed by atoms with van der Waals surface area (Å²) in [7, 11) is -3.57. The number of hydrogen-bond acceptors (Lipinski definition) is 5. The van der Waals surface area contributed by atoms with Crippen molar-refractivity contribution in [2.45, 2.75) is 17.6 Å². The van der Waals surface area contributed by atoms with Gasteiger partial charge < -0.3 is 0 Å². The van der Waals surface area contributed by atoms with Gasteiger partial charge in [0.25, 0.3) is 0 Å². The largest absolute Gasteiger partial charge is 0.264 e. The molecule has 6 nitrogen and oxygen atoms in total. The highest BCUT2D eigenvalue weighted by atomic mass is 35.5. The maximum Gasteiger partial charge on any atom is 0.184 e. The predicted octanol–water partition coefficient (Wildman–Crippen LogP) is 2.74. The monoisotopic (exact) mass is 366 g/mol. The standard InChI is InChI=1S/C15H12ClFN4O2S/c1-10-7-18-5-4-15(10)24(22,23)9-11-8-21(20-19-11)12-2-3-14(17)13(16)6-12/h2-8H,9H2,1H3. The summed E-state index contributed by atoms with van der Waals surface area (Å²) in [4.78, 5) is 4.09. The number of nitrogens with zero attached hydrogens (tertiary/aromatic N) is 4. The Kier molecular flexibility index (Phi) is 4.33. The fourth-order valence-corrected chi connectivity index (χ4v) is 3.86. The molecule has 1 aromatic carbocycles. The molecule has 0 aliphatic carbocycles. The Labute approximate surface area is 142 Å². The van der Waals surface area contributed by atoms with Crippen molar-refractivity contribution >= 4 is 21.4 Å². The second kappa shape index (κ2) is 6.29. The van der Waals surface area contributed by atoms with Crippen LogP contribution in [0.1, 0.15) is 11.3 Å². The third-order valence-electron chi connectivity index (χ3n) is 3.35. The summed E-state index contributed by atoms with van der Waals surface area (Å²) in [5, 5.41) is 7.68. The van der Waals surface area contributed by atoms with Crippen molar-refractivity contribution < 1.29 is 12.8 Å². The van der Waals surface area contributed by atoms with Gasteiger partial charge in [0.05, 0.1) is 27.5 Å². The van der Waals surface area contributed by atoms with Crippen LogP contribution in [0.5, 0.6) is 0 Å². The molecule has 0 amide bonds. The summed E-state index contributed by atoms with van der Waals surface area (Å²) in [6, 6.07) is 5.52. The van der Waals surface area contributed by atoms with Crippen LogP contribution in [-0.4, -0.2) is 28.4 Å². The van der Waals surface area contributed by atoms with Gasteiger partial charge in [0, 0.05) is 12.4 Å². The smallest absolute Gasteiger partial charge is 0.184 e. The second-order valence-electron chi connectivity index (χ2n) is 5.15. The topological polar surface area (TPSA) is 77.7 Å². The van der Waals surface area contributed by atoms with Gasteiger partial charge in [0.1, 0.15) is 11.6 Å². The van der Waals surface area contributed by atoms with E-state index in [1.54, 1.807) is 6.92 Å². The quantitative estimate of drug-likeness (QED) is 0.709. The zero-order valence-electron chi connectivity index (χ0n) is 12.5. The summed E-state index contributed by atoms with van der Waals surface area (Å²) in [6.45, 7) is 1.68. The van der Waals surface area contributed by atoms with E-state index in [1.165, 1.54) is 47.5 Å². The van der Waals surface area contributed by atoms with Crippen LogP contribution in [0.25, 0.3) is 5.69 Å². The lowest BCUT2D eigenvalue weighted by Gasteiger charge is -2.05. The van der Waals surface area contributed by atoms with Crippen LogP contribution in [0, 0.1) is 12.7 Å². The summed E-state index contributed by atoms with van der Waals surface area (Å²) >= 11 is 5.74. The highest BCUT2D eigenvalue weighted by Crippen LogP contribution is 2.20.